The summed E-state index contributed by atoms with van der Waals surface area (Å²) >= 11 is 1.69. The lowest BCUT2D eigenvalue weighted by molar-refractivity contribution is 0.169. The van der Waals surface area contributed by atoms with Gasteiger partial charge in [-0.05, 0) is 27.4 Å². The van der Waals surface area contributed by atoms with Crippen molar-refractivity contribution in [1.29, 1.82) is 0 Å². The highest BCUT2D eigenvalue weighted by molar-refractivity contribution is 7.15. The van der Waals surface area contributed by atoms with Gasteiger partial charge in [-0.25, -0.2) is 4.98 Å². The van der Waals surface area contributed by atoms with Gasteiger partial charge >= 0.3 is 0 Å². The summed E-state index contributed by atoms with van der Waals surface area (Å²) in [6, 6.07) is 1.09. The monoisotopic (exact) mass is 293 g/mol. The van der Waals surface area contributed by atoms with Gasteiger partial charge in [0.1, 0.15) is 0 Å². The fraction of sp³-hybridized carbons (Fsp3) is 0.643. The number of hydrogen-bond acceptors (Lipinski definition) is 5. The maximum atomic E-state index is 5.79. The number of piperazine rings is 1. The van der Waals surface area contributed by atoms with Crippen molar-refractivity contribution in [1.82, 2.24) is 14.3 Å². The molecule has 2 atom stereocenters. The van der Waals surface area contributed by atoms with Crippen molar-refractivity contribution >= 4 is 22.1 Å². The molecule has 20 heavy (non-hydrogen) atoms. The number of likely N-dealkylation sites (N-methyl/N-ethyl adjacent to an activating group) is 1. The summed E-state index contributed by atoms with van der Waals surface area (Å²) < 4.78 is 2.19. The second-order valence-electron chi connectivity index (χ2n) is 5.74. The minimum Gasteiger partial charge on any atom is -0.352 e. The van der Waals surface area contributed by atoms with Crippen LogP contribution in [0.2, 0.25) is 0 Å². The Hall–Kier alpha value is -1.11. The first-order valence-corrected chi connectivity index (χ1v) is 8.11. The van der Waals surface area contributed by atoms with Crippen molar-refractivity contribution in [2.24, 2.45) is 5.73 Å². The first kappa shape index (κ1) is 13.9. The van der Waals surface area contributed by atoms with Crippen LogP contribution in [0.5, 0.6) is 0 Å². The topological polar surface area (TPSA) is 49.8 Å². The van der Waals surface area contributed by atoms with Gasteiger partial charge in [-0.1, -0.05) is 0 Å². The Morgan fingerprint density at radius 2 is 2.05 bits per heavy atom. The molecule has 0 saturated carbocycles. The Kier molecular flexibility index (Phi) is 3.70. The van der Waals surface area contributed by atoms with E-state index < -0.39 is 0 Å². The van der Waals surface area contributed by atoms with Gasteiger partial charge in [0.05, 0.1) is 5.69 Å². The largest absolute Gasteiger partial charge is 0.352 e. The van der Waals surface area contributed by atoms with E-state index in [1.165, 1.54) is 5.69 Å². The van der Waals surface area contributed by atoms with Gasteiger partial charge in [-0.15, -0.1) is 11.3 Å². The van der Waals surface area contributed by atoms with Crippen molar-refractivity contribution in [3.8, 4) is 0 Å². The van der Waals surface area contributed by atoms with Crippen LogP contribution < -0.4 is 10.6 Å². The minimum absolute atomic E-state index is 0.546. The fourth-order valence-electron chi connectivity index (χ4n) is 3.02. The molecule has 3 heterocycles. The molecule has 2 aromatic heterocycles. The molecule has 3 rings (SSSR count). The number of anilines is 1. The molecule has 1 fully saturated rings. The first-order valence-electron chi connectivity index (χ1n) is 7.23. The molecule has 1 saturated heterocycles. The van der Waals surface area contributed by atoms with E-state index in [0.717, 1.165) is 30.3 Å². The molecule has 0 spiro atoms. The summed E-state index contributed by atoms with van der Waals surface area (Å²) in [6.07, 6.45) is 2.98. The van der Waals surface area contributed by atoms with Crippen LogP contribution in [-0.4, -0.2) is 53.1 Å². The van der Waals surface area contributed by atoms with Crippen molar-refractivity contribution in [3.05, 3.63) is 17.3 Å². The molecule has 5 nitrogen and oxygen atoms in total. The van der Waals surface area contributed by atoms with E-state index in [1.807, 2.05) is 0 Å². The number of rotatable bonds is 3. The van der Waals surface area contributed by atoms with Gasteiger partial charge < -0.3 is 10.6 Å². The molecule has 0 radical (unpaired) electrons. The molecule has 0 bridgehead atoms. The third-order valence-electron chi connectivity index (χ3n) is 4.38. The van der Waals surface area contributed by atoms with E-state index in [4.69, 9.17) is 10.7 Å². The average Bonchev–Trinajstić information content (AvgIpc) is 2.98. The van der Waals surface area contributed by atoms with Gasteiger partial charge in [0.2, 0.25) is 0 Å². The second kappa shape index (κ2) is 5.35. The standard InChI is InChI=1S/C14H23N5S/c1-10-8-18(9-11(2)17(10)3)13-12(4-5-15)19-6-7-20-14(19)16-13/h6-7,10-11H,4-5,8-9,15H2,1-3H3. The molecule has 0 aromatic carbocycles. The fourth-order valence-corrected chi connectivity index (χ4v) is 3.75. The van der Waals surface area contributed by atoms with Gasteiger partial charge in [-0.2, -0.15) is 0 Å². The average molecular weight is 293 g/mol. The Balaban J connectivity index is 1.96. The minimum atomic E-state index is 0.546. The summed E-state index contributed by atoms with van der Waals surface area (Å²) in [5, 5.41) is 2.08. The van der Waals surface area contributed by atoms with E-state index >= 15 is 0 Å². The lowest BCUT2D eigenvalue weighted by atomic mass is 10.1. The summed E-state index contributed by atoms with van der Waals surface area (Å²) in [5.41, 5.74) is 7.05. The Morgan fingerprint density at radius 3 is 2.70 bits per heavy atom. The second-order valence-corrected chi connectivity index (χ2v) is 6.62. The highest BCUT2D eigenvalue weighted by Gasteiger charge is 2.29. The molecule has 1 aliphatic rings. The highest BCUT2D eigenvalue weighted by Crippen LogP contribution is 2.27. The molecule has 0 amide bonds. The smallest absolute Gasteiger partial charge is 0.195 e. The zero-order chi connectivity index (χ0) is 14.3. The third kappa shape index (κ3) is 2.21. The maximum Gasteiger partial charge on any atom is 0.195 e. The van der Waals surface area contributed by atoms with Crippen molar-refractivity contribution in [2.45, 2.75) is 32.4 Å². The van der Waals surface area contributed by atoms with Crippen molar-refractivity contribution < 1.29 is 0 Å². The number of thiazole rings is 1. The Bertz CT molecular complexity index is 577. The lowest BCUT2D eigenvalue weighted by Crippen LogP contribution is -2.55. The Morgan fingerprint density at radius 1 is 1.35 bits per heavy atom. The summed E-state index contributed by atoms with van der Waals surface area (Å²) in [7, 11) is 2.21. The van der Waals surface area contributed by atoms with Gasteiger partial charge in [0, 0.05) is 43.2 Å². The molecule has 6 heteroatoms. The molecular weight excluding hydrogens is 270 g/mol. The molecule has 2 N–H and O–H groups in total. The van der Waals surface area contributed by atoms with Crippen LogP contribution >= 0.6 is 11.3 Å². The number of imidazole rings is 1. The SMILES string of the molecule is CC1CN(c2nc3sccn3c2CCN)CC(C)N1C. The summed E-state index contributed by atoms with van der Waals surface area (Å²) in [6.45, 7) is 7.29. The summed E-state index contributed by atoms with van der Waals surface area (Å²) in [4.78, 5) is 10.8. The van der Waals surface area contributed by atoms with Crippen LogP contribution in [0.25, 0.3) is 4.96 Å². The zero-order valence-corrected chi connectivity index (χ0v) is 13.2. The third-order valence-corrected chi connectivity index (χ3v) is 5.14. The number of nitrogens with two attached hydrogens (primary N) is 1. The van der Waals surface area contributed by atoms with Crippen LogP contribution in [0.1, 0.15) is 19.5 Å². The predicted molar refractivity (Wildman–Crippen MR) is 84.7 cm³/mol. The van der Waals surface area contributed by atoms with Gasteiger partial charge in [-0.3, -0.25) is 9.30 Å². The zero-order valence-electron chi connectivity index (χ0n) is 12.4. The maximum absolute atomic E-state index is 5.79. The number of hydrogen-bond donors (Lipinski definition) is 1. The number of nitrogens with zero attached hydrogens (tertiary/aromatic N) is 4. The molecule has 2 aromatic rings. The number of fused-ring (bicyclic) bond motifs is 1. The number of aromatic nitrogens is 2. The normalized spacial score (nSPS) is 24.7. The van der Waals surface area contributed by atoms with Crippen LogP contribution in [0, 0.1) is 0 Å². The molecule has 110 valence electrons. The first-order chi connectivity index (χ1) is 9.61. The van der Waals surface area contributed by atoms with Crippen molar-refractivity contribution in [3.63, 3.8) is 0 Å². The Labute approximate surface area is 124 Å². The van der Waals surface area contributed by atoms with Crippen LogP contribution in [0.15, 0.2) is 11.6 Å². The van der Waals surface area contributed by atoms with Crippen LogP contribution in [0.3, 0.4) is 0 Å². The highest BCUT2D eigenvalue weighted by atomic mass is 32.1. The molecule has 0 aliphatic carbocycles. The predicted octanol–water partition coefficient (Wildman–Crippen LogP) is 1.43. The molecule has 1 aliphatic heterocycles. The van der Waals surface area contributed by atoms with E-state index in [1.54, 1.807) is 11.3 Å². The molecule has 2 unspecified atom stereocenters. The van der Waals surface area contributed by atoms with E-state index in [2.05, 4.69) is 46.7 Å². The summed E-state index contributed by atoms with van der Waals surface area (Å²) in [5.74, 6) is 1.13. The van der Waals surface area contributed by atoms with Gasteiger partial charge in [0.15, 0.2) is 10.8 Å². The quantitative estimate of drug-likeness (QED) is 0.930. The van der Waals surface area contributed by atoms with E-state index in [9.17, 15) is 0 Å². The van der Waals surface area contributed by atoms with Crippen LogP contribution in [0.4, 0.5) is 5.82 Å². The van der Waals surface area contributed by atoms with Gasteiger partial charge in [0.25, 0.3) is 0 Å². The van der Waals surface area contributed by atoms with Crippen molar-refractivity contribution in [2.75, 3.05) is 31.6 Å². The molecular formula is C14H23N5S. The lowest BCUT2D eigenvalue weighted by Gasteiger charge is -2.42. The van der Waals surface area contributed by atoms with E-state index in [0.29, 0.717) is 18.6 Å². The van der Waals surface area contributed by atoms with Crippen LogP contribution in [-0.2, 0) is 6.42 Å². The van der Waals surface area contributed by atoms with E-state index in [-0.39, 0.29) is 0 Å².